The Morgan fingerprint density at radius 2 is 1.94 bits per heavy atom. The van der Waals surface area contributed by atoms with E-state index in [1.807, 2.05) is 0 Å². The molecule has 2 aromatic heterocycles. The molecule has 6 heteroatoms. The van der Waals surface area contributed by atoms with Crippen molar-refractivity contribution < 1.29 is 9.90 Å². The number of aryl methyl sites for hydroxylation is 1. The van der Waals surface area contributed by atoms with E-state index in [0.717, 1.165) is 47.7 Å². The number of fused-ring (bicyclic) bond motifs is 1. The molecule has 32 heavy (non-hydrogen) atoms. The molecule has 0 amide bonds. The first-order valence-corrected chi connectivity index (χ1v) is 11.9. The molecule has 3 heterocycles. The number of benzene rings is 2. The first-order chi connectivity index (χ1) is 15.3. The molecule has 0 atom stereocenters. The fraction of sp³-hybridized carbons (Fsp3) is 0.346. The fourth-order valence-electron chi connectivity index (χ4n) is 5.10. The monoisotopic (exact) mass is 447 g/mol. The van der Waals surface area contributed by atoms with Crippen molar-refractivity contribution in [2.45, 2.75) is 26.8 Å². The third kappa shape index (κ3) is 3.38. The van der Waals surface area contributed by atoms with Gasteiger partial charge in [0.1, 0.15) is 0 Å². The Kier molecular flexibility index (Phi) is 5.22. The van der Waals surface area contributed by atoms with Gasteiger partial charge in [0.15, 0.2) is 0 Å². The molecule has 0 bridgehead atoms. The number of hydrogen-bond acceptors (Lipinski definition) is 4. The first kappa shape index (κ1) is 21.0. The largest absolute Gasteiger partial charge is 0.481 e. The molecule has 2 aromatic carbocycles. The predicted molar refractivity (Wildman–Crippen MR) is 134 cm³/mol. The van der Waals surface area contributed by atoms with Crippen molar-refractivity contribution in [3.05, 3.63) is 53.2 Å². The second-order valence-electron chi connectivity index (χ2n) is 9.04. The molecule has 0 fully saturated rings. The number of thiophene rings is 1. The minimum atomic E-state index is -0.784. The molecule has 4 aromatic rings. The van der Waals surface area contributed by atoms with E-state index in [2.05, 4.69) is 78.7 Å². The van der Waals surface area contributed by atoms with Crippen LogP contribution in [0.4, 0.5) is 5.69 Å². The third-order valence-electron chi connectivity index (χ3n) is 6.63. The van der Waals surface area contributed by atoms with Gasteiger partial charge in [0, 0.05) is 52.4 Å². The van der Waals surface area contributed by atoms with Gasteiger partial charge in [-0.25, -0.2) is 0 Å². The topological polar surface area (TPSA) is 48.7 Å². The number of nitrogens with zero attached hydrogens (tertiary/aromatic N) is 3. The molecule has 0 spiro atoms. The van der Waals surface area contributed by atoms with Gasteiger partial charge in [0.05, 0.1) is 17.6 Å². The Labute approximate surface area is 192 Å². The Hall–Kier alpha value is -2.83. The summed E-state index contributed by atoms with van der Waals surface area (Å²) < 4.78 is 3.65. The quantitative estimate of drug-likeness (QED) is 0.444. The first-order valence-electron chi connectivity index (χ1n) is 11.1. The number of aliphatic carboxylic acids is 1. The molecular formula is C26H29N3O2S. The Balaban J connectivity index is 1.82. The fourth-order valence-corrected chi connectivity index (χ4v) is 6.25. The molecule has 166 valence electrons. The number of carboxylic acid groups (broad SMARTS) is 1. The zero-order valence-electron chi connectivity index (χ0n) is 19.1. The lowest BCUT2D eigenvalue weighted by Crippen LogP contribution is -2.37. The summed E-state index contributed by atoms with van der Waals surface area (Å²) in [4.78, 5) is 17.8. The van der Waals surface area contributed by atoms with Crippen LogP contribution in [-0.2, 0) is 17.8 Å². The highest BCUT2D eigenvalue weighted by Crippen LogP contribution is 2.47. The van der Waals surface area contributed by atoms with E-state index < -0.39 is 5.97 Å². The summed E-state index contributed by atoms with van der Waals surface area (Å²) in [5, 5.41) is 12.2. The van der Waals surface area contributed by atoms with Crippen LogP contribution in [0, 0.1) is 13.8 Å². The SMILES string of the molecule is Cc1c(CC(=O)O)c(-c2cc3ccccc3s2)c2cc(C)n3c2c1N(CCN(C)C)CC3. The van der Waals surface area contributed by atoms with Gasteiger partial charge in [0.2, 0.25) is 0 Å². The van der Waals surface area contributed by atoms with E-state index in [0.29, 0.717) is 0 Å². The summed E-state index contributed by atoms with van der Waals surface area (Å²) in [6.07, 6.45) is 0.0318. The van der Waals surface area contributed by atoms with Crippen molar-refractivity contribution in [3.63, 3.8) is 0 Å². The number of aromatic nitrogens is 1. The molecule has 1 aliphatic rings. The zero-order chi connectivity index (χ0) is 22.6. The van der Waals surface area contributed by atoms with Gasteiger partial charge in [-0.05, 0) is 62.7 Å². The van der Waals surface area contributed by atoms with Crippen LogP contribution in [0.2, 0.25) is 0 Å². The van der Waals surface area contributed by atoms with E-state index in [4.69, 9.17) is 0 Å². The number of carbonyl (C=O) groups is 1. The average molecular weight is 448 g/mol. The lowest BCUT2D eigenvalue weighted by Gasteiger charge is -2.35. The van der Waals surface area contributed by atoms with Crippen LogP contribution in [0.15, 0.2) is 36.4 Å². The lowest BCUT2D eigenvalue weighted by atomic mass is 9.91. The maximum absolute atomic E-state index is 12.0. The van der Waals surface area contributed by atoms with E-state index in [-0.39, 0.29) is 6.42 Å². The molecule has 5 nitrogen and oxygen atoms in total. The van der Waals surface area contributed by atoms with Crippen molar-refractivity contribution in [2.75, 3.05) is 38.6 Å². The molecule has 0 radical (unpaired) electrons. The maximum atomic E-state index is 12.0. The molecular weight excluding hydrogens is 418 g/mol. The van der Waals surface area contributed by atoms with Crippen molar-refractivity contribution in [3.8, 4) is 10.4 Å². The summed E-state index contributed by atoms with van der Waals surface area (Å²) in [6, 6.07) is 12.9. The second kappa shape index (κ2) is 7.94. The Morgan fingerprint density at radius 3 is 2.66 bits per heavy atom. The molecule has 0 saturated carbocycles. The highest BCUT2D eigenvalue weighted by molar-refractivity contribution is 7.22. The summed E-state index contributed by atoms with van der Waals surface area (Å²) >= 11 is 1.75. The van der Waals surface area contributed by atoms with Crippen LogP contribution in [-0.4, -0.2) is 54.3 Å². The van der Waals surface area contributed by atoms with Crippen LogP contribution in [0.25, 0.3) is 31.4 Å². The summed E-state index contributed by atoms with van der Waals surface area (Å²) in [5.74, 6) is -0.784. The number of anilines is 1. The normalized spacial score (nSPS) is 13.6. The smallest absolute Gasteiger partial charge is 0.307 e. The Morgan fingerprint density at radius 1 is 1.16 bits per heavy atom. The van der Waals surface area contributed by atoms with Crippen molar-refractivity contribution >= 4 is 44.0 Å². The van der Waals surface area contributed by atoms with Crippen LogP contribution in [0.3, 0.4) is 0 Å². The van der Waals surface area contributed by atoms with E-state index in [9.17, 15) is 9.90 Å². The van der Waals surface area contributed by atoms with Crippen molar-refractivity contribution in [1.29, 1.82) is 0 Å². The molecule has 0 saturated heterocycles. The van der Waals surface area contributed by atoms with Gasteiger partial charge in [-0.1, -0.05) is 18.2 Å². The summed E-state index contributed by atoms with van der Waals surface area (Å²) in [6.45, 7) is 8.08. The Bertz CT molecular complexity index is 1320. The number of likely N-dealkylation sites (N-methyl/N-ethyl adjacent to an activating group) is 1. The van der Waals surface area contributed by atoms with Crippen LogP contribution < -0.4 is 4.90 Å². The number of rotatable bonds is 6. The molecule has 0 unspecified atom stereocenters. The van der Waals surface area contributed by atoms with Crippen LogP contribution in [0.1, 0.15) is 16.8 Å². The lowest BCUT2D eigenvalue weighted by molar-refractivity contribution is -0.136. The van der Waals surface area contributed by atoms with Crippen LogP contribution in [0.5, 0.6) is 0 Å². The summed E-state index contributed by atoms with van der Waals surface area (Å²) in [7, 11) is 4.19. The minimum Gasteiger partial charge on any atom is -0.481 e. The minimum absolute atomic E-state index is 0.0318. The van der Waals surface area contributed by atoms with Crippen molar-refractivity contribution in [1.82, 2.24) is 9.47 Å². The van der Waals surface area contributed by atoms with Gasteiger partial charge in [-0.2, -0.15) is 0 Å². The molecule has 5 rings (SSSR count). The second-order valence-corrected chi connectivity index (χ2v) is 10.1. The average Bonchev–Trinajstić information content (AvgIpc) is 3.31. The van der Waals surface area contributed by atoms with Crippen molar-refractivity contribution in [2.24, 2.45) is 0 Å². The summed E-state index contributed by atoms with van der Waals surface area (Å²) in [5.41, 5.74) is 6.85. The number of carboxylic acids is 1. The van der Waals surface area contributed by atoms with E-state index in [1.54, 1.807) is 11.3 Å². The molecule has 1 aliphatic heterocycles. The van der Waals surface area contributed by atoms with Gasteiger partial charge < -0.3 is 19.5 Å². The van der Waals surface area contributed by atoms with Gasteiger partial charge >= 0.3 is 5.97 Å². The van der Waals surface area contributed by atoms with Crippen LogP contribution >= 0.6 is 11.3 Å². The number of hydrogen-bond donors (Lipinski definition) is 1. The van der Waals surface area contributed by atoms with Gasteiger partial charge in [-0.15, -0.1) is 11.3 Å². The molecule has 1 N–H and O–H groups in total. The highest BCUT2D eigenvalue weighted by Gasteiger charge is 2.29. The standard InChI is InChI=1S/C26H29N3O2S/c1-16-13-20-24(22-14-18-7-5-6-8-21(18)32-22)19(15-23(30)31)17(2)25-26(20)29(16)12-11-28(25)10-9-27(3)4/h5-8,13-14H,9-12,15H2,1-4H3,(H,30,31). The zero-order valence-corrected chi connectivity index (χ0v) is 19.9. The van der Waals surface area contributed by atoms with Gasteiger partial charge in [0.25, 0.3) is 0 Å². The van der Waals surface area contributed by atoms with E-state index >= 15 is 0 Å². The van der Waals surface area contributed by atoms with Gasteiger partial charge in [-0.3, -0.25) is 4.79 Å². The predicted octanol–water partition coefficient (Wildman–Crippen LogP) is 5.15. The van der Waals surface area contributed by atoms with E-state index in [1.165, 1.54) is 32.4 Å². The molecule has 0 aliphatic carbocycles. The maximum Gasteiger partial charge on any atom is 0.307 e. The third-order valence-corrected chi connectivity index (χ3v) is 7.77. The highest BCUT2D eigenvalue weighted by atomic mass is 32.1.